The largest absolute Gasteiger partial charge is 0.339 e. The molecule has 0 bridgehead atoms. The Bertz CT molecular complexity index is 1240. The van der Waals surface area contributed by atoms with Crippen LogP contribution in [0.4, 0.5) is 11.4 Å². The normalized spacial score (nSPS) is 18.7. The van der Waals surface area contributed by atoms with Crippen molar-refractivity contribution in [1.29, 1.82) is 0 Å². The van der Waals surface area contributed by atoms with Gasteiger partial charge in [0.15, 0.2) is 0 Å². The Balaban J connectivity index is 1.31. The molecular formula is C27H34N4O5S. The molecule has 0 spiro atoms. The van der Waals surface area contributed by atoms with Gasteiger partial charge in [-0.05, 0) is 75.2 Å². The van der Waals surface area contributed by atoms with Gasteiger partial charge < -0.3 is 15.5 Å². The van der Waals surface area contributed by atoms with Gasteiger partial charge in [-0.3, -0.25) is 14.4 Å². The van der Waals surface area contributed by atoms with E-state index in [9.17, 15) is 22.8 Å². The molecular weight excluding hydrogens is 492 g/mol. The maximum Gasteiger partial charge on any atom is 0.255 e. The quantitative estimate of drug-likeness (QED) is 0.483. The fraction of sp³-hybridized carbons (Fsp3) is 0.444. The van der Waals surface area contributed by atoms with Crippen LogP contribution in [0.5, 0.6) is 0 Å². The fourth-order valence-corrected chi connectivity index (χ4v) is 6.09. The molecule has 10 heteroatoms. The lowest BCUT2D eigenvalue weighted by atomic mass is 9.96. The number of likely N-dealkylation sites (tertiary alicyclic amines) is 1. The molecule has 198 valence electrons. The smallest absolute Gasteiger partial charge is 0.255 e. The summed E-state index contributed by atoms with van der Waals surface area (Å²) in [5.41, 5.74) is 1.40. The number of hydrogen-bond donors (Lipinski definition) is 3. The Morgan fingerprint density at radius 2 is 1.49 bits per heavy atom. The van der Waals surface area contributed by atoms with Crippen LogP contribution < -0.4 is 15.4 Å². The third-order valence-electron chi connectivity index (χ3n) is 6.92. The summed E-state index contributed by atoms with van der Waals surface area (Å²) in [4.78, 5) is 39.2. The molecule has 1 heterocycles. The molecule has 37 heavy (non-hydrogen) atoms. The number of carbonyl (C=O) groups is 3. The van der Waals surface area contributed by atoms with Gasteiger partial charge in [0.05, 0.1) is 10.8 Å². The van der Waals surface area contributed by atoms with Crippen molar-refractivity contribution < 1.29 is 22.8 Å². The monoisotopic (exact) mass is 526 g/mol. The first-order valence-electron chi connectivity index (χ1n) is 12.8. The first-order chi connectivity index (χ1) is 17.6. The van der Waals surface area contributed by atoms with Gasteiger partial charge >= 0.3 is 0 Å². The number of sulfonamides is 1. The van der Waals surface area contributed by atoms with Gasteiger partial charge in [-0.1, -0.05) is 19.3 Å². The summed E-state index contributed by atoms with van der Waals surface area (Å²) in [5, 5.41) is 5.58. The molecule has 3 amide bonds. The van der Waals surface area contributed by atoms with Crippen LogP contribution >= 0.6 is 0 Å². The van der Waals surface area contributed by atoms with Crippen LogP contribution in [0, 0.1) is 5.92 Å². The standard InChI is InChI=1S/C27H34N4O5S/c1-18(2)31-17-20(16-25(31)32)27(34)29-21-10-8-19(9-11-21)26(33)28-22-12-14-24(15-13-22)37(35,36)30-23-6-4-3-5-7-23/h8-15,18,20,23,30H,3-7,16-17H2,1-2H3,(H,28,33)(H,29,34). The second kappa shape index (κ2) is 11.4. The lowest BCUT2D eigenvalue weighted by Gasteiger charge is -2.22. The summed E-state index contributed by atoms with van der Waals surface area (Å²) < 4.78 is 28.1. The number of anilines is 2. The minimum Gasteiger partial charge on any atom is -0.339 e. The molecule has 0 radical (unpaired) electrons. The molecule has 2 aromatic rings. The minimum absolute atomic E-state index is 0.0201. The molecule has 4 rings (SSSR count). The third-order valence-corrected chi connectivity index (χ3v) is 8.45. The van der Waals surface area contributed by atoms with Gasteiger partial charge in [0.2, 0.25) is 21.8 Å². The Morgan fingerprint density at radius 1 is 0.892 bits per heavy atom. The molecule has 1 saturated heterocycles. The highest BCUT2D eigenvalue weighted by molar-refractivity contribution is 7.89. The lowest BCUT2D eigenvalue weighted by molar-refractivity contribution is -0.129. The van der Waals surface area contributed by atoms with Crippen LogP contribution in [-0.4, -0.2) is 49.7 Å². The number of carbonyl (C=O) groups excluding carboxylic acids is 3. The van der Waals surface area contributed by atoms with Gasteiger partial charge in [0.1, 0.15) is 0 Å². The van der Waals surface area contributed by atoms with E-state index in [4.69, 9.17) is 0 Å². The molecule has 2 fully saturated rings. The summed E-state index contributed by atoms with van der Waals surface area (Å²) in [6.07, 6.45) is 5.11. The van der Waals surface area contributed by atoms with Crippen LogP contribution in [0.2, 0.25) is 0 Å². The zero-order chi connectivity index (χ0) is 26.6. The molecule has 1 aliphatic carbocycles. The van der Waals surface area contributed by atoms with Gasteiger partial charge in [0.25, 0.3) is 5.91 Å². The maximum atomic E-state index is 12.7. The fourth-order valence-electron chi connectivity index (χ4n) is 4.78. The van der Waals surface area contributed by atoms with Crippen molar-refractivity contribution >= 4 is 39.1 Å². The van der Waals surface area contributed by atoms with Crippen molar-refractivity contribution in [3.63, 3.8) is 0 Å². The molecule has 9 nitrogen and oxygen atoms in total. The summed E-state index contributed by atoms with van der Waals surface area (Å²) in [5.74, 6) is -1.000. The summed E-state index contributed by atoms with van der Waals surface area (Å²) in [6, 6.07) is 12.6. The summed E-state index contributed by atoms with van der Waals surface area (Å²) >= 11 is 0. The molecule has 1 atom stereocenters. The molecule has 1 aliphatic heterocycles. The highest BCUT2D eigenvalue weighted by Gasteiger charge is 2.35. The predicted molar refractivity (Wildman–Crippen MR) is 142 cm³/mol. The van der Waals surface area contributed by atoms with Crippen molar-refractivity contribution in [1.82, 2.24) is 9.62 Å². The van der Waals surface area contributed by atoms with Crippen LogP contribution in [0.15, 0.2) is 53.4 Å². The third kappa shape index (κ3) is 6.75. The topological polar surface area (TPSA) is 125 Å². The number of amides is 3. The Hall–Kier alpha value is -3.24. The van der Waals surface area contributed by atoms with Crippen LogP contribution in [0.3, 0.4) is 0 Å². The van der Waals surface area contributed by atoms with Crippen LogP contribution in [0.1, 0.15) is 62.7 Å². The van der Waals surface area contributed by atoms with Gasteiger partial charge in [-0.15, -0.1) is 0 Å². The lowest BCUT2D eigenvalue weighted by Crippen LogP contribution is -2.36. The highest BCUT2D eigenvalue weighted by atomic mass is 32.2. The van der Waals surface area contributed by atoms with Crippen molar-refractivity contribution in [3.8, 4) is 0 Å². The van der Waals surface area contributed by atoms with E-state index >= 15 is 0 Å². The van der Waals surface area contributed by atoms with Gasteiger partial charge in [-0.2, -0.15) is 0 Å². The van der Waals surface area contributed by atoms with E-state index in [0.29, 0.717) is 23.5 Å². The zero-order valence-electron chi connectivity index (χ0n) is 21.2. The Kier molecular flexibility index (Phi) is 8.29. The van der Waals surface area contributed by atoms with E-state index in [2.05, 4.69) is 15.4 Å². The molecule has 0 aromatic heterocycles. The number of nitrogens with zero attached hydrogens (tertiary/aromatic N) is 1. The average molecular weight is 527 g/mol. The van der Waals surface area contributed by atoms with E-state index in [1.54, 1.807) is 41.3 Å². The van der Waals surface area contributed by atoms with E-state index in [1.807, 2.05) is 13.8 Å². The van der Waals surface area contributed by atoms with E-state index < -0.39 is 15.9 Å². The summed E-state index contributed by atoms with van der Waals surface area (Å²) in [7, 11) is -3.61. The maximum absolute atomic E-state index is 12.7. The van der Waals surface area contributed by atoms with Crippen molar-refractivity contribution in [2.45, 2.75) is 69.4 Å². The number of rotatable bonds is 8. The second-order valence-electron chi connectivity index (χ2n) is 10.0. The predicted octanol–water partition coefficient (Wildman–Crippen LogP) is 3.75. The Labute approximate surface area is 218 Å². The van der Waals surface area contributed by atoms with E-state index in [0.717, 1.165) is 32.1 Å². The molecule has 2 aromatic carbocycles. The average Bonchev–Trinajstić information content (AvgIpc) is 3.27. The minimum atomic E-state index is -3.61. The zero-order valence-corrected chi connectivity index (χ0v) is 22.0. The van der Waals surface area contributed by atoms with Crippen molar-refractivity contribution in [3.05, 3.63) is 54.1 Å². The molecule has 1 unspecified atom stereocenters. The van der Waals surface area contributed by atoms with Crippen molar-refractivity contribution in [2.24, 2.45) is 5.92 Å². The number of hydrogen-bond acceptors (Lipinski definition) is 5. The van der Waals surface area contributed by atoms with Gasteiger partial charge in [-0.25, -0.2) is 13.1 Å². The van der Waals surface area contributed by atoms with Gasteiger partial charge in [0, 0.05) is 42.0 Å². The first-order valence-corrected chi connectivity index (χ1v) is 14.2. The second-order valence-corrected chi connectivity index (χ2v) is 11.8. The number of benzene rings is 2. The highest BCUT2D eigenvalue weighted by Crippen LogP contribution is 2.23. The summed E-state index contributed by atoms with van der Waals surface area (Å²) in [6.45, 7) is 4.25. The van der Waals surface area contributed by atoms with Crippen LogP contribution in [-0.2, 0) is 19.6 Å². The molecule has 3 N–H and O–H groups in total. The SMILES string of the molecule is CC(C)N1CC(C(=O)Nc2ccc(C(=O)Nc3ccc(S(=O)(=O)NC4CCCCC4)cc3)cc2)CC1=O. The van der Waals surface area contributed by atoms with Crippen molar-refractivity contribution in [2.75, 3.05) is 17.2 Å². The van der Waals surface area contributed by atoms with E-state index in [1.165, 1.54) is 12.1 Å². The van der Waals surface area contributed by atoms with Crippen LogP contribution in [0.25, 0.3) is 0 Å². The molecule has 1 saturated carbocycles. The van der Waals surface area contributed by atoms with E-state index in [-0.39, 0.29) is 41.1 Å². The molecule has 2 aliphatic rings. The number of nitrogens with one attached hydrogen (secondary N) is 3. The first kappa shape index (κ1) is 26.8. The Morgan fingerprint density at radius 3 is 2.08 bits per heavy atom.